The number of aromatic nitrogens is 2. The molecule has 136 valence electrons. The number of nitrogens with one attached hydrogen (secondary N) is 1. The van der Waals surface area contributed by atoms with Crippen LogP contribution >= 0.6 is 23.2 Å². The average molecular weight is 412 g/mol. The third-order valence-corrected chi connectivity index (χ3v) is 6.04. The fourth-order valence-corrected chi connectivity index (χ4v) is 4.38. The Balaban J connectivity index is 1.83. The van der Waals surface area contributed by atoms with Crippen LogP contribution < -0.4 is 10.3 Å². The monoisotopic (exact) mass is 411 g/mol. The Morgan fingerprint density at radius 3 is 2.65 bits per heavy atom. The van der Waals surface area contributed by atoms with Crippen LogP contribution in [0.15, 0.2) is 52.2 Å². The number of para-hydroxylation sites is 1. The lowest BCUT2D eigenvalue weighted by molar-refractivity contribution is 0.566. The van der Waals surface area contributed by atoms with Crippen LogP contribution in [0.25, 0.3) is 10.9 Å². The molecular weight excluding hydrogens is 397 g/mol. The van der Waals surface area contributed by atoms with E-state index in [2.05, 4.69) is 9.71 Å². The van der Waals surface area contributed by atoms with Crippen LogP contribution in [0.3, 0.4) is 0 Å². The minimum Gasteiger partial charge on any atom is -0.295 e. The van der Waals surface area contributed by atoms with Crippen molar-refractivity contribution in [2.75, 3.05) is 6.54 Å². The van der Waals surface area contributed by atoms with Crippen molar-refractivity contribution in [3.63, 3.8) is 0 Å². The third kappa shape index (κ3) is 3.76. The Labute approximate surface area is 160 Å². The van der Waals surface area contributed by atoms with E-state index in [0.717, 1.165) is 0 Å². The van der Waals surface area contributed by atoms with E-state index in [1.807, 2.05) is 0 Å². The van der Waals surface area contributed by atoms with Crippen LogP contribution in [-0.2, 0) is 16.6 Å². The van der Waals surface area contributed by atoms with E-state index in [0.29, 0.717) is 16.7 Å². The largest absolute Gasteiger partial charge is 0.295 e. The van der Waals surface area contributed by atoms with Gasteiger partial charge in [-0.15, -0.1) is 0 Å². The molecule has 1 N–H and O–H groups in total. The van der Waals surface area contributed by atoms with Gasteiger partial charge in [0.05, 0.1) is 15.9 Å². The number of hydrogen-bond acceptors (Lipinski definition) is 4. The summed E-state index contributed by atoms with van der Waals surface area (Å²) in [5.74, 6) is 0.508. The summed E-state index contributed by atoms with van der Waals surface area (Å²) in [4.78, 5) is 16.9. The highest BCUT2D eigenvalue weighted by Crippen LogP contribution is 2.24. The minimum absolute atomic E-state index is 0.00590. The Hall–Kier alpha value is -1.93. The summed E-state index contributed by atoms with van der Waals surface area (Å²) in [7, 11) is -3.85. The van der Waals surface area contributed by atoms with Gasteiger partial charge in [0.15, 0.2) is 0 Å². The predicted molar refractivity (Wildman–Crippen MR) is 102 cm³/mol. The lowest BCUT2D eigenvalue weighted by Gasteiger charge is -2.12. The van der Waals surface area contributed by atoms with Gasteiger partial charge in [0, 0.05) is 18.1 Å². The quantitative estimate of drug-likeness (QED) is 0.699. The second-order valence-corrected chi connectivity index (χ2v) is 8.18. The molecule has 0 aliphatic heterocycles. The van der Waals surface area contributed by atoms with Crippen molar-refractivity contribution in [2.24, 2.45) is 0 Å². The summed E-state index contributed by atoms with van der Waals surface area (Å²) in [5, 5.41) is 0.821. The molecule has 0 amide bonds. The number of fused-ring (bicyclic) bond motifs is 1. The smallest absolute Gasteiger partial charge is 0.261 e. The second-order valence-electron chi connectivity index (χ2n) is 5.61. The number of aryl methyl sites for hydroxylation is 1. The average Bonchev–Trinajstić information content (AvgIpc) is 2.60. The summed E-state index contributed by atoms with van der Waals surface area (Å²) in [6.07, 6.45) is 0. The van der Waals surface area contributed by atoms with E-state index in [1.165, 1.54) is 22.8 Å². The molecule has 1 heterocycles. The summed E-state index contributed by atoms with van der Waals surface area (Å²) >= 11 is 11.8. The zero-order chi connectivity index (χ0) is 18.9. The van der Waals surface area contributed by atoms with Crippen molar-refractivity contribution >= 4 is 44.1 Å². The molecule has 3 aromatic rings. The van der Waals surface area contributed by atoms with Crippen molar-refractivity contribution in [3.05, 3.63) is 68.7 Å². The molecule has 0 bridgehead atoms. The highest BCUT2D eigenvalue weighted by atomic mass is 35.5. The van der Waals surface area contributed by atoms with Gasteiger partial charge in [-0.2, -0.15) is 0 Å². The molecule has 2 aromatic carbocycles. The van der Waals surface area contributed by atoms with Crippen LogP contribution in [-0.4, -0.2) is 24.5 Å². The first-order chi connectivity index (χ1) is 12.3. The van der Waals surface area contributed by atoms with Crippen LogP contribution in [0.5, 0.6) is 0 Å². The third-order valence-electron chi connectivity index (χ3n) is 3.86. The molecule has 0 fully saturated rings. The predicted octanol–water partition coefficient (Wildman–Crippen LogP) is 2.99. The van der Waals surface area contributed by atoms with Crippen molar-refractivity contribution in [1.82, 2.24) is 14.3 Å². The lowest BCUT2D eigenvalue weighted by atomic mass is 10.2. The van der Waals surface area contributed by atoms with E-state index in [-0.39, 0.29) is 33.6 Å². The number of sulfonamides is 1. The summed E-state index contributed by atoms with van der Waals surface area (Å²) in [6.45, 7) is 1.85. The van der Waals surface area contributed by atoms with Crippen LogP contribution in [0.4, 0.5) is 0 Å². The maximum atomic E-state index is 12.6. The molecule has 1 aromatic heterocycles. The fraction of sp³-hybridized carbons (Fsp3) is 0.176. The van der Waals surface area contributed by atoms with Gasteiger partial charge in [0.25, 0.3) is 5.56 Å². The molecular formula is C17H15Cl2N3O3S. The first-order valence-corrected chi connectivity index (χ1v) is 9.94. The van der Waals surface area contributed by atoms with Crippen molar-refractivity contribution in [2.45, 2.75) is 18.4 Å². The molecule has 3 rings (SSSR count). The first kappa shape index (κ1) is 18.8. The number of benzene rings is 2. The van der Waals surface area contributed by atoms with Crippen molar-refractivity contribution in [1.29, 1.82) is 0 Å². The topological polar surface area (TPSA) is 81.1 Å². The Morgan fingerprint density at radius 2 is 1.88 bits per heavy atom. The molecule has 26 heavy (non-hydrogen) atoms. The zero-order valence-electron chi connectivity index (χ0n) is 13.7. The highest BCUT2D eigenvalue weighted by Gasteiger charge is 2.18. The van der Waals surface area contributed by atoms with Gasteiger partial charge < -0.3 is 0 Å². The van der Waals surface area contributed by atoms with Gasteiger partial charge in [0.2, 0.25) is 10.0 Å². The number of hydrogen-bond donors (Lipinski definition) is 1. The van der Waals surface area contributed by atoms with E-state index in [4.69, 9.17) is 23.2 Å². The normalized spacial score (nSPS) is 11.8. The van der Waals surface area contributed by atoms with Gasteiger partial charge in [-0.05, 0) is 37.3 Å². The second kappa shape index (κ2) is 7.36. The molecule has 0 saturated carbocycles. The van der Waals surface area contributed by atoms with Crippen LogP contribution in [0.1, 0.15) is 5.82 Å². The van der Waals surface area contributed by atoms with Crippen LogP contribution in [0.2, 0.25) is 10.0 Å². The number of rotatable bonds is 5. The number of nitrogens with zero attached hydrogens (tertiary/aromatic N) is 2. The van der Waals surface area contributed by atoms with Gasteiger partial charge in [-0.25, -0.2) is 18.1 Å². The van der Waals surface area contributed by atoms with Gasteiger partial charge >= 0.3 is 0 Å². The summed E-state index contributed by atoms with van der Waals surface area (Å²) in [5.41, 5.74) is 0.394. The van der Waals surface area contributed by atoms with E-state index in [9.17, 15) is 13.2 Å². The minimum atomic E-state index is -3.85. The lowest BCUT2D eigenvalue weighted by Crippen LogP contribution is -2.32. The molecule has 0 spiro atoms. The summed E-state index contributed by atoms with van der Waals surface area (Å²) < 4.78 is 28.7. The Kier molecular flexibility index (Phi) is 5.34. The van der Waals surface area contributed by atoms with Gasteiger partial charge in [0.1, 0.15) is 10.7 Å². The highest BCUT2D eigenvalue weighted by molar-refractivity contribution is 7.89. The summed E-state index contributed by atoms with van der Waals surface area (Å²) in [6, 6.07) is 11.2. The molecule has 6 nitrogen and oxygen atoms in total. The molecule has 0 unspecified atom stereocenters. The van der Waals surface area contributed by atoms with Crippen LogP contribution in [0, 0.1) is 6.92 Å². The molecule has 0 aliphatic rings. The molecule has 0 radical (unpaired) electrons. The van der Waals surface area contributed by atoms with Crippen molar-refractivity contribution in [3.8, 4) is 0 Å². The Morgan fingerprint density at radius 1 is 1.15 bits per heavy atom. The maximum Gasteiger partial charge on any atom is 0.261 e. The standard InChI is InChI=1S/C17H15Cl2N3O3S/c1-11-21-15-5-3-2-4-13(15)17(23)22(11)9-8-20-26(24,25)16-10-12(18)6-7-14(16)19/h2-7,10,20H,8-9H2,1H3. The first-order valence-electron chi connectivity index (χ1n) is 7.70. The van der Waals surface area contributed by atoms with Gasteiger partial charge in [-0.1, -0.05) is 35.3 Å². The number of halogens is 2. The molecule has 9 heteroatoms. The van der Waals surface area contributed by atoms with Gasteiger partial charge in [-0.3, -0.25) is 9.36 Å². The fourth-order valence-electron chi connectivity index (χ4n) is 2.60. The maximum absolute atomic E-state index is 12.6. The van der Waals surface area contributed by atoms with E-state index < -0.39 is 10.0 Å². The SMILES string of the molecule is Cc1nc2ccccc2c(=O)n1CCNS(=O)(=O)c1cc(Cl)ccc1Cl. The Bertz CT molecular complexity index is 1140. The molecule has 0 aliphatic carbocycles. The van der Waals surface area contributed by atoms with E-state index >= 15 is 0 Å². The van der Waals surface area contributed by atoms with E-state index in [1.54, 1.807) is 31.2 Å². The molecule has 0 saturated heterocycles. The van der Waals surface area contributed by atoms with Crippen molar-refractivity contribution < 1.29 is 8.42 Å². The molecule has 0 atom stereocenters. The zero-order valence-corrected chi connectivity index (χ0v) is 16.1.